The number of H-pyrrole nitrogens is 2. The number of nitrogens with one attached hydrogen (secondary N) is 2. The number of nitrogens with two attached hydrogens (primary N) is 1. The van der Waals surface area contributed by atoms with E-state index in [0.717, 1.165) is 37.3 Å². The van der Waals surface area contributed by atoms with Crippen LogP contribution in [0.2, 0.25) is 0 Å². The summed E-state index contributed by atoms with van der Waals surface area (Å²) in [5.41, 5.74) is 8.73. The van der Waals surface area contributed by atoms with Crippen molar-refractivity contribution < 1.29 is 9.18 Å². The van der Waals surface area contributed by atoms with Crippen molar-refractivity contribution in [2.75, 3.05) is 36.8 Å². The molecule has 8 nitrogen and oxygen atoms in total. The van der Waals surface area contributed by atoms with E-state index in [1.165, 1.54) is 12.1 Å². The third-order valence-electron chi connectivity index (χ3n) is 6.04. The number of benzene rings is 2. The number of halogens is 1. The maximum absolute atomic E-state index is 14.4. The van der Waals surface area contributed by atoms with Crippen molar-refractivity contribution in [2.24, 2.45) is 0 Å². The quantitative estimate of drug-likeness (QED) is 0.449. The maximum atomic E-state index is 14.4. The van der Waals surface area contributed by atoms with E-state index >= 15 is 0 Å². The second-order valence-electron chi connectivity index (χ2n) is 8.04. The number of imidazole rings is 1. The number of amides is 1. The summed E-state index contributed by atoms with van der Waals surface area (Å²) in [6.07, 6.45) is 0.889. The molecule has 1 saturated heterocycles. The molecule has 0 bridgehead atoms. The molecular weight excluding hydrogens is 411 g/mol. The molecule has 1 aliphatic rings. The van der Waals surface area contributed by atoms with Gasteiger partial charge in [0.15, 0.2) is 0 Å². The molecule has 0 radical (unpaired) electrons. The largest absolute Gasteiger partial charge is 0.397 e. The second-order valence-corrected chi connectivity index (χ2v) is 8.04. The highest BCUT2D eigenvalue weighted by Crippen LogP contribution is 2.31. The van der Waals surface area contributed by atoms with Gasteiger partial charge in [0.2, 0.25) is 5.91 Å². The van der Waals surface area contributed by atoms with E-state index < -0.39 is 11.4 Å². The minimum absolute atomic E-state index is 0.0537. The van der Waals surface area contributed by atoms with Gasteiger partial charge >= 0.3 is 0 Å². The molecular formula is C23H23FN6O2. The van der Waals surface area contributed by atoms with Gasteiger partial charge < -0.3 is 25.5 Å². The summed E-state index contributed by atoms with van der Waals surface area (Å²) in [5.74, 6) is -0.119. The molecule has 4 aromatic rings. The molecule has 164 valence electrons. The highest BCUT2D eigenvalue weighted by Gasteiger charge is 2.20. The fourth-order valence-electron chi connectivity index (χ4n) is 4.37. The summed E-state index contributed by atoms with van der Waals surface area (Å²) in [4.78, 5) is 38.9. The van der Waals surface area contributed by atoms with Gasteiger partial charge in [-0.3, -0.25) is 9.59 Å². The smallest absolute Gasteiger partial charge is 0.261 e. The number of pyridine rings is 1. The molecule has 0 atom stereocenters. The summed E-state index contributed by atoms with van der Waals surface area (Å²) in [6.45, 7) is 4.61. The Bertz CT molecular complexity index is 1410. The molecule has 1 amide bonds. The molecule has 5 rings (SSSR count). The molecule has 1 aliphatic heterocycles. The van der Waals surface area contributed by atoms with E-state index in [2.05, 4.69) is 19.9 Å². The van der Waals surface area contributed by atoms with Gasteiger partial charge in [-0.2, -0.15) is 0 Å². The summed E-state index contributed by atoms with van der Waals surface area (Å²) in [5, 5.41) is 0.169. The fourth-order valence-corrected chi connectivity index (χ4v) is 4.37. The van der Waals surface area contributed by atoms with Crippen LogP contribution in [0.4, 0.5) is 15.8 Å². The first-order chi connectivity index (χ1) is 15.4. The van der Waals surface area contributed by atoms with Crippen molar-refractivity contribution >= 4 is 39.2 Å². The number of aromatic amines is 2. The molecule has 0 spiro atoms. The van der Waals surface area contributed by atoms with Crippen molar-refractivity contribution in [3.05, 3.63) is 52.6 Å². The van der Waals surface area contributed by atoms with Gasteiger partial charge in [0.1, 0.15) is 17.2 Å². The summed E-state index contributed by atoms with van der Waals surface area (Å²) < 4.78 is 14.4. The predicted molar refractivity (Wildman–Crippen MR) is 123 cm³/mol. The van der Waals surface area contributed by atoms with E-state index in [1.54, 1.807) is 13.0 Å². The van der Waals surface area contributed by atoms with Gasteiger partial charge in [0.05, 0.1) is 27.6 Å². The van der Waals surface area contributed by atoms with Crippen LogP contribution in [0.3, 0.4) is 0 Å². The number of anilines is 2. The lowest BCUT2D eigenvalue weighted by molar-refractivity contribution is -0.128. The van der Waals surface area contributed by atoms with Crippen LogP contribution in [-0.4, -0.2) is 51.9 Å². The van der Waals surface area contributed by atoms with E-state index in [9.17, 15) is 14.0 Å². The molecule has 3 heterocycles. The van der Waals surface area contributed by atoms with Crippen LogP contribution in [0, 0.1) is 5.82 Å². The van der Waals surface area contributed by atoms with Gasteiger partial charge in [-0.15, -0.1) is 0 Å². The number of nitrogen functional groups attached to an aromatic ring is 1. The van der Waals surface area contributed by atoms with Crippen LogP contribution in [0.5, 0.6) is 0 Å². The lowest BCUT2D eigenvalue weighted by Gasteiger charge is -2.23. The Morgan fingerprint density at radius 1 is 1.09 bits per heavy atom. The topological polar surface area (TPSA) is 111 Å². The Balaban J connectivity index is 1.54. The third-order valence-corrected chi connectivity index (χ3v) is 6.04. The lowest BCUT2D eigenvalue weighted by atomic mass is 10.1. The summed E-state index contributed by atoms with van der Waals surface area (Å²) in [7, 11) is 0. The van der Waals surface area contributed by atoms with Crippen molar-refractivity contribution in [1.82, 2.24) is 19.9 Å². The fraction of sp³-hybridized carbons (Fsp3) is 0.261. The molecule has 2 aromatic carbocycles. The number of hydrogen-bond acceptors (Lipinski definition) is 5. The monoisotopic (exact) mass is 434 g/mol. The first-order valence-corrected chi connectivity index (χ1v) is 10.5. The number of carbonyl (C=O) groups excluding carboxylic acids is 1. The predicted octanol–water partition coefficient (Wildman–Crippen LogP) is 2.85. The average molecular weight is 434 g/mol. The summed E-state index contributed by atoms with van der Waals surface area (Å²) in [6, 6.07) is 10.3. The van der Waals surface area contributed by atoms with Gasteiger partial charge in [-0.05, 0) is 36.8 Å². The Labute approximate surface area is 182 Å². The first-order valence-electron chi connectivity index (χ1n) is 10.5. The molecule has 1 fully saturated rings. The highest BCUT2D eigenvalue weighted by molar-refractivity contribution is 5.98. The molecule has 4 N–H and O–H groups in total. The molecule has 0 saturated carbocycles. The molecule has 0 aliphatic carbocycles. The molecule has 32 heavy (non-hydrogen) atoms. The number of carbonyl (C=O) groups is 1. The number of fused-ring (bicyclic) bond motifs is 2. The highest BCUT2D eigenvalue weighted by atomic mass is 19.1. The van der Waals surface area contributed by atoms with E-state index in [4.69, 9.17) is 5.73 Å². The zero-order valence-corrected chi connectivity index (χ0v) is 17.6. The SMILES string of the molecule is CC(=O)N1CCCN(c2ccc3nc(-c4c(N)c5c(F)cccc5[nH]c4=O)[nH]c3c2)CC1. The second kappa shape index (κ2) is 7.67. The van der Waals surface area contributed by atoms with Gasteiger partial charge in [0, 0.05) is 38.8 Å². The lowest BCUT2D eigenvalue weighted by Crippen LogP contribution is -2.33. The Hall–Kier alpha value is -3.88. The number of rotatable bonds is 2. The minimum Gasteiger partial charge on any atom is -0.397 e. The standard InChI is InChI=1S/C23H23FN6O2/c1-13(31)29-8-3-9-30(11-10-29)14-6-7-16-18(12-14)27-22(26-16)20-21(25)19-15(24)4-2-5-17(19)28-23(20)32/h2,4-7,12H,3,8-11H2,1H3,(H,26,27)(H3,25,28,32). The zero-order valence-electron chi connectivity index (χ0n) is 17.6. The van der Waals surface area contributed by atoms with Crippen molar-refractivity contribution in [3.8, 4) is 11.4 Å². The minimum atomic E-state index is -0.503. The van der Waals surface area contributed by atoms with Crippen LogP contribution in [-0.2, 0) is 4.79 Å². The Morgan fingerprint density at radius 2 is 1.94 bits per heavy atom. The first kappa shape index (κ1) is 20.0. The van der Waals surface area contributed by atoms with E-state index in [1.807, 2.05) is 23.1 Å². The van der Waals surface area contributed by atoms with Crippen LogP contribution in [0.1, 0.15) is 13.3 Å². The average Bonchev–Trinajstić information content (AvgIpc) is 2.99. The van der Waals surface area contributed by atoms with Crippen molar-refractivity contribution in [3.63, 3.8) is 0 Å². The zero-order chi connectivity index (χ0) is 22.4. The van der Waals surface area contributed by atoms with Crippen molar-refractivity contribution in [2.45, 2.75) is 13.3 Å². The molecule has 0 unspecified atom stereocenters. The normalized spacial score (nSPS) is 14.8. The van der Waals surface area contributed by atoms with Crippen LogP contribution in [0.25, 0.3) is 33.3 Å². The Kier molecular flexibility index (Phi) is 4.80. The van der Waals surface area contributed by atoms with Crippen LogP contribution >= 0.6 is 0 Å². The van der Waals surface area contributed by atoms with Crippen LogP contribution < -0.4 is 16.2 Å². The number of nitrogens with zero attached hydrogens (tertiary/aromatic N) is 3. The van der Waals surface area contributed by atoms with Gasteiger partial charge in [-0.1, -0.05) is 6.07 Å². The third kappa shape index (κ3) is 3.35. The summed E-state index contributed by atoms with van der Waals surface area (Å²) >= 11 is 0. The van der Waals surface area contributed by atoms with E-state index in [0.29, 0.717) is 23.4 Å². The number of hydrogen-bond donors (Lipinski definition) is 3. The Morgan fingerprint density at radius 3 is 2.75 bits per heavy atom. The van der Waals surface area contributed by atoms with Crippen molar-refractivity contribution in [1.29, 1.82) is 0 Å². The maximum Gasteiger partial charge on any atom is 0.261 e. The molecule has 2 aromatic heterocycles. The van der Waals surface area contributed by atoms with Gasteiger partial charge in [-0.25, -0.2) is 9.37 Å². The molecule has 9 heteroatoms. The van der Waals surface area contributed by atoms with E-state index in [-0.39, 0.29) is 22.5 Å². The van der Waals surface area contributed by atoms with Gasteiger partial charge in [0.25, 0.3) is 5.56 Å². The number of aromatic nitrogens is 3. The van der Waals surface area contributed by atoms with Crippen LogP contribution in [0.15, 0.2) is 41.2 Å².